The lowest BCUT2D eigenvalue weighted by molar-refractivity contribution is 0.156. The lowest BCUT2D eigenvalue weighted by Gasteiger charge is -2.43. The minimum Gasteiger partial charge on any atom is -0.396 e. The van der Waals surface area contributed by atoms with E-state index in [0.717, 1.165) is 17.7 Å². The Kier molecular flexibility index (Phi) is 4.79. The largest absolute Gasteiger partial charge is 0.396 e. The quantitative estimate of drug-likeness (QED) is 0.747. The molecular weight excluding hydrogens is 206 g/mol. The van der Waals surface area contributed by atoms with Crippen LogP contribution in [0.2, 0.25) is 0 Å². The van der Waals surface area contributed by atoms with Crippen LogP contribution in [0.5, 0.6) is 0 Å². The second-order valence-electron chi connectivity index (χ2n) is 4.73. The number of aliphatic hydroxyl groups excluding tert-OH is 1. The molecule has 1 saturated heterocycles. The fraction of sp³-hybridized carbons (Fsp3) is 1.00. The second-order valence-corrected chi connectivity index (χ2v) is 6.07. The molecule has 0 aromatic heterocycles. The lowest BCUT2D eigenvalue weighted by Crippen LogP contribution is -2.49. The van der Waals surface area contributed by atoms with Crippen molar-refractivity contribution >= 4 is 11.8 Å². The van der Waals surface area contributed by atoms with Gasteiger partial charge < -0.3 is 5.11 Å². The smallest absolute Gasteiger partial charge is 0.0431 e. The van der Waals surface area contributed by atoms with Gasteiger partial charge in [0.25, 0.3) is 0 Å². The number of rotatable bonds is 4. The Morgan fingerprint density at radius 2 is 2.07 bits per heavy atom. The van der Waals surface area contributed by atoms with Crippen LogP contribution in [0.4, 0.5) is 0 Å². The van der Waals surface area contributed by atoms with Gasteiger partial charge in [0.05, 0.1) is 0 Å². The first-order valence-corrected chi connectivity index (χ1v) is 7.43. The van der Waals surface area contributed by atoms with Crippen LogP contribution in [0.3, 0.4) is 0 Å². The fourth-order valence-electron chi connectivity index (χ4n) is 2.88. The lowest BCUT2D eigenvalue weighted by atomic mass is 9.93. The van der Waals surface area contributed by atoms with Crippen molar-refractivity contribution in [1.82, 2.24) is 4.90 Å². The molecule has 1 N–H and O–H groups in total. The van der Waals surface area contributed by atoms with Crippen LogP contribution in [-0.2, 0) is 0 Å². The van der Waals surface area contributed by atoms with Gasteiger partial charge in [-0.05, 0) is 32.2 Å². The van der Waals surface area contributed by atoms with E-state index in [2.05, 4.69) is 16.7 Å². The van der Waals surface area contributed by atoms with Gasteiger partial charge >= 0.3 is 0 Å². The number of unbranched alkanes of at least 4 members (excludes halogenated alkanes) is 1. The molecule has 0 bridgehead atoms. The normalized spacial score (nSPS) is 32.6. The molecule has 0 amide bonds. The summed E-state index contributed by atoms with van der Waals surface area (Å²) in [5, 5.41) is 9.72. The Bertz CT molecular complexity index is 186. The zero-order chi connectivity index (χ0) is 10.5. The molecule has 2 nitrogen and oxygen atoms in total. The number of hydrogen-bond donors (Lipinski definition) is 1. The maximum absolute atomic E-state index is 8.81. The summed E-state index contributed by atoms with van der Waals surface area (Å²) in [6, 6.07) is 0.858. The number of thioether (sulfide) groups is 1. The third-order valence-corrected chi connectivity index (χ3v) is 5.10. The molecule has 15 heavy (non-hydrogen) atoms. The van der Waals surface area contributed by atoms with Gasteiger partial charge in [-0.1, -0.05) is 12.8 Å². The predicted octanol–water partition coefficient (Wildman–Crippen LogP) is 2.12. The van der Waals surface area contributed by atoms with Gasteiger partial charge in [0.1, 0.15) is 0 Å². The van der Waals surface area contributed by atoms with Crippen molar-refractivity contribution in [3.63, 3.8) is 0 Å². The molecule has 1 aliphatic carbocycles. The third kappa shape index (κ3) is 3.11. The van der Waals surface area contributed by atoms with Gasteiger partial charge in [0, 0.05) is 30.2 Å². The molecule has 0 aromatic carbocycles. The topological polar surface area (TPSA) is 23.5 Å². The first kappa shape index (κ1) is 11.7. The predicted molar refractivity (Wildman–Crippen MR) is 66.4 cm³/mol. The van der Waals surface area contributed by atoms with Crippen molar-refractivity contribution in [1.29, 1.82) is 0 Å². The van der Waals surface area contributed by atoms with E-state index in [9.17, 15) is 0 Å². The molecule has 0 aromatic rings. The highest BCUT2D eigenvalue weighted by atomic mass is 32.2. The summed E-state index contributed by atoms with van der Waals surface area (Å²) in [6.45, 7) is 2.84. The summed E-state index contributed by atoms with van der Waals surface area (Å²) >= 11 is 2.20. The number of fused-ring (bicyclic) bond motifs is 1. The molecule has 1 saturated carbocycles. The highest BCUT2D eigenvalue weighted by Crippen LogP contribution is 2.35. The van der Waals surface area contributed by atoms with Gasteiger partial charge in [-0.15, -0.1) is 0 Å². The summed E-state index contributed by atoms with van der Waals surface area (Å²) in [4.78, 5) is 2.69. The van der Waals surface area contributed by atoms with Crippen LogP contribution in [-0.4, -0.2) is 46.7 Å². The molecule has 3 heteroatoms. The number of nitrogens with zero attached hydrogens (tertiary/aromatic N) is 1. The van der Waals surface area contributed by atoms with Crippen molar-refractivity contribution in [3.05, 3.63) is 0 Å². The number of aliphatic hydroxyl groups is 1. The van der Waals surface area contributed by atoms with Crippen LogP contribution >= 0.6 is 11.8 Å². The van der Waals surface area contributed by atoms with E-state index in [1.54, 1.807) is 0 Å². The van der Waals surface area contributed by atoms with E-state index < -0.39 is 0 Å². The minimum absolute atomic E-state index is 0.358. The van der Waals surface area contributed by atoms with Crippen molar-refractivity contribution in [2.24, 2.45) is 0 Å². The Labute approximate surface area is 97.4 Å². The average Bonchev–Trinajstić information content (AvgIpc) is 2.30. The molecule has 0 spiro atoms. The zero-order valence-electron chi connectivity index (χ0n) is 9.53. The third-order valence-electron chi connectivity index (χ3n) is 3.70. The summed E-state index contributed by atoms with van der Waals surface area (Å²) < 4.78 is 0. The molecule has 2 aliphatic rings. The molecule has 88 valence electrons. The van der Waals surface area contributed by atoms with Crippen molar-refractivity contribution in [3.8, 4) is 0 Å². The Balaban J connectivity index is 1.81. The van der Waals surface area contributed by atoms with E-state index in [1.807, 2.05) is 0 Å². The van der Waals surface area contributed by atoms with Crippen LogP contribution in [0.1, 0.15) is 38.5 Å². The second kappa shape index (κ2) is 6.12. The molecule has 2 atom stereocenters. The fourth-order valence-corrected chi connectivity index (χ4v) is 4.39. The Hall–Kier alpha value is 0.270. The van der Waals surface area contributed by atoms with Gasteiger partial charge in [-0.2, -0.15) is 11.8 Å². The summed E-state index contributed by atoms with van der Waals surface area (Å²) in [5.41, 5.74) is 0. The minimum atomic E-state index is 0.358. The van der Waals surface area contributed by atoms with Crippen LogP contribution < -0.4 is 0 Å². The van der Waals surface area contributed by atoms with E-state index in [0.29, 0.717) is 6.61 Å². The van der Waals surface area contributed by atoms with E-state index in [4.69, 9.17) is 5.11 Å². The monoisotopic (exact) mass is 229 g/mol. The standard InChI is InChI=1S/C12H23NOS/c14-9-4-3-7-13-8-10-15-12-6-2-1-5-11(12)13/h11-12,14H,1-10H2. The Morgan fingerprint density at radius 1 is 1.20 bits per heavy atom. The summed E-state index contributed by atoms with van der Waals surface area (Å²) in [6.07, 6.45) is 7.87. The first-order chi connectivity index (χ1) is 7.42. The van der Waals surface area contributed by atoms with E-state index in [1.165, 1.54) is 50.9 Å². The van der Waals surface area contributed by atoms with Crippen molar-refractivity contribution in [2.75, 3.05) is 25.4 Å². The van der Waals surface area contributed by atoms with Gasteiger partial charge in [0.15, 0.2) is 0 Å². The SMILES string of the molecule is OCCCCN1CCSC2CCCCC21. The van der Waals surface area contributed by atoms with Crippen LogP contribution in [0, 0.1) is 0 Å². The molecule has 1 aliphatic heterocycles. The molecule has 2 unspecified atom stereocenters. The zero-order valence-corrected chi connectivity index (χ0v) is 10.3. The molecule has 2 fully saturated rings. The van der Waals surface area contributed by atoms with E-state index >= 15 is 0 Å². The summed E-state index contributed by atoms with van der Waals surface area (Å²) in [7, 11) is 0. The number of hydrogen-bond acceptors (Lipinski definition) is 3. The first-order valence-electron chi connectivity index (χ1n) is 6.38. The van der Waals surface area contributed by atoms with Crippen molar-refractivity contribution < 1.29 is 5.11 Å². The molecule has 1 heterocycles. The average molecular weight is 229 g/mol. The van der Waals surface area contributed by atoms with Gasteiger partial charge in [-0.25, -0.2) is 0 Å². The molecular formula is C12H23NOS. The highest BCUT2D eigenvalue weighted by molar-refractivity contribution is 8.00. The van der Waals surface area contributed by atoms with Crippen molar-refractivity contribution in [2.45, 2.75) is 49.8 Å². The summed E-state index contributed by atoms with van der Waals surface area (Å²) in [5.74, 6) is 1.32. The highest BCUT2D eigenvalue weighted by Gasteiger charge is 2.32. The van der Waals surface area contributed by atoms with Gasteiger partial charge in [0.2, 0.25) is 0 Å². The van der Waals surface area contributed by atoms with Gasteiger partial charge in [-0.3, -0.25) is 4.90 Å². The Morgan fingerprint density at radius 3 is 2.93 bits per heavy atom. The molecule has 2 rings (SSSR count). The molecule has 0 radical (unpaired) electrons. The van der Waals surface area contributed by atoms with Crippen LogP contribution in [0.25, 0.3) is 0 Å². The maximum Gasteiger partial charge on any atom is 0.0431 e. The van der Waals surface area contributed by atoms with Crippen LogP contribution in [0.15, 0.2) is 0 Å². The maximum atomic E-state index is 8.81. The van der Waals surface area contributed by atoms with E-state index in [-0.39, 0.29) is 0 Å².